The van der Waals surface area contributed by atoms with Gasteiger partial charge in [-0.1, -0.05) is 42.1 Å². The van der Waals surface area contributed by atoms with Gasteiger partial charge in [-0.05, 0) is 29.8 Å². The largest absolute Gasteiger partial charge is 0.508 e. The van der Waals surface area contributed by atoms with Crippen molar-refractivity contribution in [2.24, 2.45) is 0 Å². The van der Waals surface area contributed by atoms with Crippen LogP contribution in [0.25, 0.3) is 22.1 Å². The maximum Gasteiger partial charge on any atom is 0.347 e. The minimum absolute atomic E-state index is 0.0111. The molecule has 0 spiro atoms. The van der Waals surface area contributed by atoms with Gasteiger partial charge < -0.3 is 15.3 Å². The molecule has 0 aliphatic heterocycles. The van der Waals surface area contributed by atoms with Gasteiger partial charge in [0.25, 0.3) is 0 Å². The number of nitrogen functional groups attached to an aromatic ring is 1. The standard InChI is InChI=1S/C24H14N4O4S/c25-10-17-21(14-5-3-6-15(29)8-14)18(11-26)23(28-22(17)27)33-12-19(30)16-9-13-4-1-2-7-20(13)32-24(16)31/h1-9,29H,12H2,(H2,27,28). The van der Waals surface area contributed by atoms with Crippen LogP contribution in [-0.4, -0.2) is 21.6 Å². The summed E-state index contributed by atoms with van der Waals surface area (Å²) in [4.78, 5) is 29.2. The maximum atomic E-state index is 12.8. The van der Waals surface area contributed by atoms with Gasteiger partial charge in [0.15, 0.2) is 5.78 Å². The zero-order valence-corrected chi connectivity index (χ0v) is 17.7. The first-order valence-corrected chi connectivity index (χ1v) is 10.5. The van der Waals surface area contributed by atoms with E-state index in [1.54, 1.807) is 36.4 Å². The van der Waals surface area contributed by atoms with Crippen LogP contribution in [0.4, 0.5) is 5.82 Å². The zero-order valence-electron chi connectivity index (χ0n) is 16.9. The van der Waals surface area contributed by atoms with Gasteiger partial charge in [0.2, 0.25) is 0 Å². The first kappa shape index (κ1) is 21.6. The Bertz CT molecular complexity index is 1560. The first-order chi connectivity index (χ1) is 15.9. The number of pyridine rings is 1. The van der Waals surface area contributed by atoms with Crippen LogP contribution in [0.5, 0.6) is 5.75 Å². The van der Waals surface area contributed by atoms with E-state index in [1.807, 2.05) is 12.1 Å². The molecule has 2 heterocycles. The number of aromatic nitrogens is 1. The minimum Gasteiger partial charge on any atom is -0.508 e. The predicted molar refractivity (Wildman–Crippen MR) is 123 cm³/mol. The summed E-state index contributed by atoms with van der Waals surface area (Å²) in [6, 6.07) is 18.3. The van der Waals surface area contributed by atoms with Crippen LogP contribution in [-0.2, 0) is 0 Å². The molecule has 0 saturated heterocycles. The normalized spacial score (nSPS) is 10.5. The molecule has 4 rings (SSSR count). The third-order valence-corrected chi connectivity index (χ3v) is 5.81. The third kappa shape index (κ3) is 4.13. The number of Topliss-reactive ketones (excluding diaryl/α,β-unsaturated/α-hetero) is 1. The molecule has 0 radical (unpaired) electrons. The minimum atomic E-state index is -0.757. The van der Waals surface area contributed by atoms with Crippen molar-refractivity contribution in [3.8, 4) is 29.0 Å². The molecule has 9 heteroatoms. The van der Waals surface area contributed by atoms with Gasteiger partial charge >= 0.3 is 5.63 Å². The van der Waals surface area contributed by atoms with Crippen LogP contribution in [0, 0.1) is 22.7 Å². The average Bonchev–Trinajstić information content (AvgIpc) is 2.81. The van der Waals surface area contributed by atoms with E-state index in [2.05, 4.69) is 4.98 Å². The van der Waals surface area contributed by atoms with Crippen molar-refractivity contribution in [1.29, 1.82) is 10.5 Å². The number of hydrogen-bond acceptors (Lipinski definition) is 9. The second-order valence-electron chi connectivity index (χ2n) is 6.90. The lowest BCUT2D eigenvalue weighted by Crippen LogP contribution is -2.16. The number of anilines is 1. The van der Waals surface area contributed by atoms with E-state index in [4.69, 9.17) is 10.2 Å². The lowest BCUT2D eigenvalue weighted by Gasteiger charge is -2.13. The van der Waals surface area contributed by atoms with E-state index >= 15 is 0 Å². The van der Waals surface area contributed by atoms with Gasteiger partial charge in [0, 0.05) is 10.9 Å². The number of carbonyl (C=O) groups excluding carboxylic acids is 1. The van der Waals surface area contributed by atoms with E-state index in [9.17, 15) is 25.2 Å². The molecule has 0 saturated carbocycles. The summed E-state index contributed by atoms with van der Waals surface area (Å²) in [5.74, 6) is -0.889. The summed E-state index contributed by atoms with van der Waals surface area (Å²) in [6.07, 6.45) is 0. The highest BCUT2D eigenvalue weighted by Gasteiger charge is 2.22. The third-order valence-electron chi connectivity index (χ3n) is 4.83. The monoisotopic (exact) mass is 454 g/mol. The Morgan fingerprint density at radius 3 is 2.58 bits per heavy atom. The molecule has 0 aliphatic rings. The fourth-order valence-corrected chi connectivity index (χ4v) is 4.20. The van der Waals surface area contributed by atoms with Gasteiger partial charge in [-0.2, -0.15) is 10.5 Å². The fourth-order valence-electron chi connectivity index (χ4n) is 3.32. The number of fused-ring (bicyclic) bond motifs is 1. The lowest BCUT2D eigenvalue weighted by molar-refractivity contribution is 0.101. The summed E-state index contributed by atoms with van der Waals surface area (Å²) >= 11 is 0.919. The Morgan fingerprint density at radius 2 is 1.85 bits per heavy atom. The Hall–Kier alpha value is -4.60. The molecule has 3 N–H and O–H groups in total. The van der Waals surface area contributed by atoms with Crippen molar-refractivity contribution in [2.75, 3.05) is 11.5 Å². The number of nitriles is 2. The van der Waals surface area contributed by atoms with E-state index in [0.29, 0.717) is 16.5 Å². The molecular weight excluding hydrogens is 440 g/mol. The Morgan fingerprint density at radius 1 is 1.09 bits per heavy atom. The van der Waals surface area contributed by atoms with Crippen molar-refractivity contribution in [3.05, 3.63) is 81.7 Å². The van der Waals surface area contributed by atoms with Crippen molar-refractivity contribution < 1.29 is 14.3 Å². The van der Waals surface area contributed by atoms with Crippen LogP contribution in [0.2, 0.25) is 0 Å². The van der Waals surface area contributed by atoms with E-state index in [1.165, 1.54) is 18.2 Å². The van der Waals surface area contributed by atoms with Gasteiger partial charge in [0.05, 0.1) is 11.3 Å². The van der Waals surface area contributed by atoms with Gasteiger partial charge in [0.1, 0.15) is 45.4 Å². The molecule has 2 aromatic carbocycles. The molecule has 160 valence electrons. The van der Waals surface area contributed by atoms with Gasteiger partial charge in [-0.3, -0.25) is 4.79 Å². The highest BCUT2D eigenvalue weighted by Crippen LogP contribution is 2.36. The van der Waals surface area contributed by atoms with Crippen LogP contribution in [0.15, 0.2) is 68.8 Å². The van der Waals surface area contributed by atoms with E-state index < -0.39 is 11.4 Å². The number of nitrogens with two attached hydrogens (primary N) is 1. The molecule has 0 fully saturated rings. The van der Waals surface area contributed by atoms with Crippen LogP contribution in [0.1, 0.15) is 21.5 Å². The molecular formula is C24H14N4O4S. The maximum absolute atomic E-state index is 12.8. The number of phenolic OH excluding ortho intramolecular Hbond substituents is 1. The van der Waals surface area contributed by atoms with Crippen molar-refractivity contribution in [1.82, 2.24) is 4.98 Å². The summed E-state index contributed by atoms with van der Waals surface area (Å²) in [5, 5.41) is 30.0. The topological polar surface area (TPSA) is 154 Å². The highest BCUT2D eigenvalue weighted by molar-refractivity contribution is 8.00. The summed E-state index contributed by atoms with van der Waals surface area (Å²) < 4.78 is 5.22. The molecule has 8 nitrogen and oxygen atoms in total. The number of benzene rings is 2. The van der Waals surface area contributed by atoms with E-state index in [0.717, 1.165) is 11.8 Å². The average molecular weight is 454 g/mol. The van der Waals surface area contributed by atoms with Crippen LogP contribution >= 0.6 is 11.8 Å². The number of para-hydroxylation sites is 1. The molecule has 0 amide bonds. The summed E-state index contributed by atoms with van der Waals surface area (Å²) in [7, 11) is 0. The Labute approximate surface area is 191 Å². The number of nitrogens with zero attached hydrogens (tertiary/aromatic N) is 3. The smallest absolute Gasteiger partial charge is 0.347 e. The van der Waals surface area contributed by atoms with E-state index in [-0.39, 0.29) is 44.6 Å². The fraction of sp³-hybridized carbons (Fsp3) is 0.0417. The van der Waals surface area contributed by atoms with Crippen LogP contribution in [0.3, 0.4) is 0 Å². The molecule has 2 aromatic heterocycles. The number of aromatic hydroxyl groups is 1. The molecule has 4 aromatic rings. The highest BCUT2D eigenvalue weighted by atomic mass is 32.2. The number of carbonyl (C=O) groups is 1. The number of ketones is 1. The summed E-state index contributed by atoms with van der Waals surface area (Å²) in [6.45, 7) is 0. The number of hydrogen-bond donors (Lipinski definition) is 2. The van der Waals surface area contributed by atoms with Gasteiger partial charge in [-0.15, -0.1) is 0 Å². The number of thioether (sulfide) groups is 1. The molecule has 0 unspecified atom stereocenters. The second-order valence-corrected chi connectivity index (χ2v) is 7.86. The molecule has 0 bridgehead atoms. The Balaban J connectivity index is 1.73. The number of rotatable bonds is 5. The predicted octanol–water partition coefficient (Wildman–Crippen LogP) is 3.86. The second kappa shape index (κ2) is 8.87. The summed E-state index contributed by atoms with van der Waals surface area (Å²) in [5.41, 5.74) is 6.11. The first-order valence-electron chi connectivity index (χ1n) is 9.55. The van der Waals surface area contributed by atoms with Gasteiger partial charge in [-0.25, -0.2) is 9.78 Å². The van der Waals surface area contributed by atoms with Crippen LogP contribution < -0.4 is 11.4 Å². The molecule has 33 heavy (non-hydrogen) atoms. The SMILES string of the molecule is N#Cc1c(N)nc(SCC(=O)c2cc3ccccc3oc2=O)c(C#N)c1-c1cccc(O)c1. The van der Waals surface area contributed by atoms with Crippen molar-refractivity contribution in [2.45, 2.75) is 5.03 Å². The molecule has 0 atom stereocenters. The van der Waals surface area contributed by atoms with Crippen molar-refractivity contribution in [3.63, 3.8) is 0 Å². The quantitative estimate of drug-likeness (QED) is 0.260. The van der Waals surface area contributed by atoms with Crippen molar-refractivity contribution >= 4 is 34.3 Å². The molecule has 0 aliphatic carbocycles. The Kier molecular flexibility index (Phi) is 5.81. The lowest BCUT2D eigenvalue weighted by atomic mass is 9.97. The zero-order chi connectivity index (χ0) is 23.5. The number of phenols is 1.